The number of nitrogens with one attached hydrogen (secondary N) is 1. The Bertz CT molecular complexity index is 766. The predicted molar refractivity (Wildman–Crippen MR) is 92.9 cm³/mol. The number of guanidine groups is 2. The summed E-state index contributed by atoms with van der Waals surface area (Å²) < 4.78 is 0. The third-order valence-corrected chi connectivity index (χ3v) is 2.95. The van der Waals surface area contributed by atoms with Gasteiger partial charge in [-0.3, -0.25) is 4.79 Å². The van der Waals surface area contributed by atoms with Gasteiger partial charge in [0.25, 0.3) is 5.91 Å². The molecular formula is C15H15ClN6O. The van der Waals surface area contributed by atoms with Gasteiger partial charge in [-0.1, -0.05) is 17.7 Å². The lowest BCUT2D eigenvalue weighted by molar-refractivity contribution is 0.102. The summed E-state index contributed by atoms with van der Waals surface area (Å²) in [4.78, 5) is 19.8. The molecule has 1 amide bonds. The lowest BCUT2D eigenvalue weighted by Crippen LogP contribution is -2.26. The summed E-state index contributed by atoms with van der Waals surface area (Å²) in [6, 6.07) is 13.4. The van der Waals surface area contributed by atoms with Crippen LogP contribution >= 0.6 is 11.6 Å². The van der Waals surface area contributed by atoms with Gasteiger partial charge < -0.3 is 22.5 Å². The molecule has 2 aromatic carbocycles. The molecule has 0 heterocycles. The van der Waals surface area contributed by atoms with Crippen LogP contribution < -0.4 is 22.5 Å². The number of anilines is 1. The first-order valence-corrected chi connectivity index (χ1v) is 6.92. The summed E-state index contributed by atoms with van der Waals surface area (Å²) in [5.41, 5.74) is 17.6. The van der Waals surface area contributed by atoms with Crippen molar-refractivity contribution in [3.05, 3.63) is 59.1 Å². The Morgan fingerprint density at radius 3 is 2.39 bits per heavy atom. The fourth-order valence-electron chi connectivity index (χ4n) is 1.75. The average molecular weight is 331 g/mol. The number of hydrogen-bond acceptors (Lipinski definition) is 2. The van der Waals surface area contributed by atoms with Gasteiger partial charge in [0, 0.05) is 16.3 Å². The van der Waals surface area contributed by atoms with Crippen LogP contribution in [0.4, 0.5) is 11.4 Å². The highest BCUT2D eigenvalue weighted by Crippen LogP contribution is 2.19. The highest BCUT2D eigenvalue weighted by Gasteiger charge is 2.06. The summed E-state index contributed by atoms with van der Waals surface area (Å²) >= 11 is 5.80. The number of amides is 1. The number of benzene rings is 2. The van der Waals surface area contributed by atoms with Crippen molar-refractivity contribution in [2.45, 2.75) is 0 Å². The Morgan fingerprint density at radius 2 is 1.74 bits per heavy atom. The third-order valence-electron chi connectivity index (χ3n) is 2.70. The van der Waals surface area contributed by atoms with Crippen molar-refractivity contribution >= 4 is 40.8 Å². The van der Waals surface area contributed by atoms with Gasteiger partial charge in [-0.25, -0.2) is 4.99 Å². The number of hydrogen-bond donors (Lipinski definition) is 4. The molecule has 0 radical (unpaired) electrons. The fraction of sp³-hybridized carbons (Fsp3) is 0. The second kappa shape index (κ2) is 7.28. The van der Waals surface area contributed by atoms with Crippen molar-refractivity contribution in [3.63, 3.8) is 0 Å². The molecule has 0 saturated carbocycles. The Balaban J connectivity index is 2.15. The molecule has 0 aromatic heterocycles. The summed E-state index contributed by atoms with van der Waals surface area (Å²) in [5, 5.41) is 3.32. The first-order chi connectivity index (χ1) is 10.9. The van der Waals surface area contributed by atoms with E-state index in [0.717, 1.165) is 0 Å². The molecule has 7 nitrogen and oxygen atoms in total. The molecule has 2 rings (SSSR count). The van der Waals surface area contributed by atoms with Crippen molar-refractivity contribution in [1.29, 1.82) is 0 Å². The number of carbonyl (C=O) groups is 1. The SMILES string of the molecule is NC(N)=NC(N)=Nc1cccc(NC(=O)c2ccc(Cl)cc2)c1. The van der Waals surface area contributed by atoms with E-state index in [1.807, 2.05) is 0 Å². The number of carbonyl (C=O) groups excluding carboxylic acids is 1. The maximum Gasteiger partial charge on any atom is 0.255 e. The summed E-state index contributed by atoms with van der Waals surface area (Å²) in [6.07, 6.45) is 0. The molecule has 23 heavy (non-hydrogen) atoms. The Labute approximate surface area is 137 Å². The van der Waals surface area contributed by atoms with E-state index in [9.17, 15) is 4.79 Å². The molecule has 8 heteroatoms. The van der Waals surface area contributed by atoms with E-state index in [0.29, 0.717) is 22.0 Å². The zero-order chi connectivity index (χ0) is 16.8. The van der Waals surface area contributed by atoms with Gasteiger partial charge >= 0.3 is 0 Å². The minimum atomic E-state index is -0.264. The second-order valence-electron chi connectivity index (χ2n) is 4.52. The molecule has 118 valence electrons. The van der Waals surface area contributed by atoms with Gasteiger partial charge in [0.1, 0.15) is 0 Å². The second-order valence-corrected chi connectivity index (χ2v) is 4.95. The molecule has 0 spiro atoms. The molecule has 0 unspecified atom stereocenters. The first kappa shape index (κ1) is 16.3. The zero-order valence-corrected chi connectivity index (χ0v) is 12.8. The smallest absolute Gasteiger partial charge is 0.255 e. The Morgan fingerprint density at radius 1 is 1.04 bits per heavy atom. The maximum atomic E-state index is 12.1. The molecule has 0 aliphatic rings. The topological polar surface area (TPSA) is 132 Å². The van der Waals surface area contributed by atoms with Crippen molar-refractivity contribution in [2.24, 2.45) is 27.2 Å². The molecule has 0 aliphatic carbocycles. The van der Waals surface area contributed by atoms with Gasteiger partial charge in [0.15, 0.2) is 5.96 Å². The molecule has 2 aromatic rings. The summed E-state index contributed by atoms with van der Waals surface area (Å²) in [6.45, 7) is 0. The number of nitrogens with zero attached hydrogens (tertiary/aromatic N) is 2. The van der Waals surface area contributed by atoms with Crippen LogP contribution in [0.1, 0.15) is 10.4 Å². The van der Waals surface area contributed by atoms with Crippen LogP contribution in [0.25, 0.3) is 0 Å². The summed E-state index contributed by atoms with van der Waals surface area (Å²) in [5.74, 6) is -0.524. The van der Waals surface area contributed by atoms with Gasteiger partial charge in [0.2, 0.25) is 5.96 Å². The number of halogens is 1. The normalized spacial score (nSPS) is 10.9. The van der Waals surface area contributed by atoms with E-state index in [-0.39, 0.29) is 17.8 Å². The van der Waals surface area contributed by atoms with Crippen LogP contribution in [0, 0.1) is 0 Å². The fourth-order valence-corrected chi connectivity index (χ4v) is 1.87. The van der Waals surface area contributed by atoms with Crippen LogP contribution in [0.2, 0.25) is 5.02 Å². The average Bonchev–Trinajstić information content (AvgIpc) is 2.47. The lowest BCUT2D eigenvalue weighted by atomic mass is 10.2. The predicted octanol–water partition coefficient (Wildman–Crippen LogP) is 1.81. The van der Waals surface area contributed by atoms with E-state index in [1.54, 1.807) is 48.5 Å². The van der Waals surface area contributed by atoms with Crippen LogP contribution in [-0.4, -0.2) is 17.8 Å². The monoisotopic (exact) mass is 330 g/mol. The first-order valence-electron chi connectivity index (χ1n) is 6.55. The quantitative estimate of drug-likeness (QED) is 0.504. The maximum absolute atomic E-state index is 12.1. The van der Waals surface area contributed by atoms with Crippen LogP contribution in [-0.2, 0) is 0 Å². The van der Waals surface area contributed by atoms with Crippen molar-refractivity contribution in [3.8, 4) is 0 Å². The number of nitrogens with two attached hydrogens (primary N) is 3. The molecule has 0 fully saturated rings. The van der Waals surface area contributed by atoms with Crippen molar-refractivity contribution in [2.75, 3.05) is 5.32 Å². The van der Waals surface area contributed by atoms with Gasteiger partial charge in [-0.15, -0.1) is 0 Å². The largest absolute Gasteiger partial charge is 0.370 e. The van der Waals surface area contributed by atoms with E-state index < -0.39 is 0 Å². The molecule has 0 bridgehead atoms. The molecule has 0 atom stereocenters. The van der Waals surface area contributed by atoms with Gasteiger partial charge in [-0.2, -0.15) is 4.99 Å². The van der Waals surface area contributed by atoms with Gasteiger partial charge in [0.05, 0.1) is 5.69 Å². The number of rotatable bonds is 3. The highest BCUT2D eigenvalue weighted by molar-refractivity contribution is 6.30. The Hall–Kier alpha value is -3.06. The minimum absolute atomic E-state index is 0.0776. The van der Waals surface area contributed by atoms with E-state index in [1.165, 1.54) is 0 Å². The molecule has 0 aliphatic heterocycles. The third kappa shape index (κ3) is 5.01. The van der Waals surface area contributed by atoms with E-state index >= 15 is 0 Å². The van der Waals surface area contributed by atoms with Crippen LogP contribution in [0.5, 0.6) is 0 Å². The van der Waals surface area contributed by atoms with Crippen molar-refractivity contribution < 1.29 is 4.79 Å². The highest BCUT2D eigenvalue weighted by atomic mass is 35.5. The minimum Gasteiger partial charge on any atom is -0.370 e. The lowest BCUT2D eigenvalue weighted by Gasteiger charge is -2.06. The van der Waals surface area contributed by atoms with Crippen molar-refractivity contribution in [1.82, 2.24) is 0 Å². The molecule has 0 saturated heterocycles. The number of aliphatic imine (C=N–C) groups is 2. The van der Waals surface area contributed by atoms with Crippen LogP contribution in [0.3, 0.4) is 0 Å². The summed E-state index contributed by atoms with van der Waals surface area (Å²) in [7, 11) is 0. The van der Waals surface area contributed by atoms with Gasteiger partial charge in [-0.05, 0) is 42.5 Å². The van der Waals surface area contributed by atoms with E-state index in [4.69, 9.17) is 28.8 Å². The Kier molecular flexibility index (Phi) is 5.16. The zero-order valence-electron chi connectivity index (χ0n) is 12.0. The van der Waals surface area contributed by atoms with E-state index in [2.05, 4.69) is 15.3 Å². The molecule has 7 N–H and O–H groups in total. The van der Waals surface area contributed by atoms with Crippen LogP contribution in [0.15, 0.2) is 58.5 Å². The standard InChI is InChI=1S/C15H15ClN6O/c16-10-6-4-9(5-7-10)13(23)20-11-2-1-3-12(8-11)21-15(19)22-14(17)18/h1-8H,(H,20,23)(H6,17,18,19,21,22). The molecular weight excluding hydrogens is 316 g/mol.